The quantitative estimate of drug-likeness (QED) is 0.222. The number of rotatable bonds is 13. The molecule has 1 heterocycles. The molecule has 0 radical (unpaired) electrons. The lowest BCUT2D eigenvalue weighted by molar-refractivity contribution is -0.150. The molecule has 0 spiro atoms. The van der Waals surface area contributed by atoms with E-state index >= 15 is 0 Å². The molecule has 0 aromatic rings. The summed E-state index contributed by atoms with van der Waals surface area (Å²) in [6.07, 6.45) is 1.40. The van der Waals surface area contributed by atoms with Gasteiger partial charge >= 0.3 is 17.9 Å². The number of nitrogens with zero attached hydrogens (tertiary/aromatic N) is 2. The van der Waals surface area contributed by atoms with E-state index in [9.17, 15) is 14.4 Å². The summed E-state index contributed by atoms with van der Waals surface area (Å²) in [5.74, 6) is -0.901. The first kappa shape index (κ1) is 29.3. The van der Waals surface area contributed by atoms with E-state index in [0.29, 0.717) is 45.8 Å². The SMILES string of the molecule is CCOC(=O)[C@@H](C)N1CCN([C@H](C)C(=O)OCC)CC(C)(NC(CCCNC)C(=O)OC)C1. The van der Waals surface area contributed by atoms with Crippen LogP contribution in [0.4, 0.5) is 0 Å². The summed E-state index contributed by atoms with van der Waals surface area (Å²) >= 11 is 0. The average molecular weight is 473 g/mol. The van der Waals surface area contributed by atoms with Gasteiger partial charge in [0.15, 0.2) is 0 Å². The second-order valence-electron chi connectivity index (χ2n) is 8.82. The minimum Gasteiger partial charge on any atom is -0.468 e. The third kappa shape index (κ3) is 9.19. The van der Waals surface area contributed by atoms with Crippen LogP contribution in [-0.2, 0) is 28.6 Å². The van der Waals surface area contributed by atoms with Gasteiger partial charge in [0.05, 0.1) is 20.3 Å². The Morgan fingerprint density at radius 2 is 1.42 bits per heavy atom. The Morgan fingerprint density at radius 1 is 0.939 bits per heavy atom. The molecular formula is C23H44N4O6. The van der Waals surface area contributed by atoms with Crippen molar-refractivity contribution in [2.45, 2.75) is 71.1 Å². The zero-order valence-electron chi connectivity index (χ0n) is 21.4. The first-order valence-electron chi connectivity index (χ1n) is 11.9. The molecule has 1 aliphatic rings. The first-order chi connectivity index (χ1) is 15.6. The van der Waals surface area contributed by atoms with Crippen LogP contribution in [0.5, 0.6) is 0 Å². The van der Waals surface area contributed by atoms with Crippen molar-refractivity contribution in [2.24, 2.45) is 0 Å². The highest BCUT2D eigenvalue weighted by atomic mass is 16.5. The van der Waals surface area contributed by atoms with Crippen LogP contribution in [0.15, 0.2) is 0 Å². The van der Waals surface area contributed by atoms with Gasteiger partial charge in [0, 0.05) is 31.7 Å². The predicted molar refractivity (Wildman–Crippen MR) is 126 cm³/mol. The van der Waals surface area contributed by atoms with Gasteiger partial charge in [-0.05, 0) is 61.1 Å². The molecular weight excluding hydrogens is 428 g/mol. The van der Waals surface area contributed by atoms with Crippen LogP contribution in [0.25, 0.3) is 0 Å². The lowest BCUT2D eigenvalue weighted by atomic mass is 9.97. The van der Waals surface area contributed by atoms with Crippen molar-refractivity contribution in [1.29, 1.82) is 0 Å². The Bertz CT molecular complexity index is 598. The fourth-order valence-electron chi connectivity index (χ4n) is 4.23. The molecule has 0 bridgehead atoms. The molecule has 0 aromatic heterocycles. The summed E-state index contributed by atoms with van der Waals surface area (Å²) < 4.78 is 15.5. The van der Waals surface area contributed by atoms with Gasteiger partial charge in [0.2, 0.25) is 0 Å². The van der Waals surface area contributed by atoms with Crippen LogP contribution in [0.2, 0.25) is 0 Å². The normalized spacial score (nSPS) is 19.7. The van der Waals surface area contributed by atoms with Crippen molar-refractivity contribution >= 4 is 17.9 Å². The molecule has 10 nitrogen and oxygen atoms in total. The second-order valence-corrected chi connectivity index (χ2v) is 8.82. The maximum Gasteiger partial charge on any atom is 0.323 e. The third-order valence-corrected chi connectivity index (χ3v) is 6.06. The molecule has 192 valence electrons. The fourth-order valence-corrected chi connectivity index (χ4v) is 4.23. The number of methoxy groups -OCH3 is 1. The molecule has 0 saturated carbocycles. The van der Waals surface area contributed by atoms with E-state index in [-0.39, 0.29) is 17.9 Å². The predicted octanol–water partition coefficient (Wildman–Crippen LogP) is 0.397. The van der Waals surface area contributed by atoms with E-state index in [1.165, 1.54) is 7.11 Å². The maximum absolute atomic E-state index is 12.5. The lowest BCUT2D eigenvalue weighted by Crippen LogP contribution is -2.62. The standard InChI is InChI=1S/C23H44N4O6/c1-8-32-20(28)17(3)26-13-14-27(18(4)21(29)33-9-2)16-23(5,15-26)25-19(22(30)31-7)11-10-12-24-6/h17-19,24-25H,8-16H2,1-7H3/t17-,18-,19?/m1/s1. The molecule has 0 aromatic carbocycles. The van der Waals surface area contributed by atoms with Crippen LogP contribution < -0.4 is 10.6 Å². The molecule has 1 saturated heterocycles. The van der Waals surface area contributed by atoms with Crippen molar-refractivity contribution in [3.05, 3.63) is 0 Å². The maximum atomic E-state index is 12.5. The summed E-state index contributed by atoms with van der Waals surface area (Å²) in [6, 6.07) is -1.42. The number of hydrogen-bond acceptors (Lipinski definition) is 10. The highest BCUT2D eigenvalue weighted by molar-refractivity contribution is 5.76. The molecule has 10 heteroatoms. The topological polar surface area (TPSA) is 109 Å². The number of esters is 3. The van der Waals surface area contributed by atoms with Crippen LogP contribution in [0.1, 0.15) is 47.5 Å². The largest absolute Gasteiger partial charge is 0.468 e. The van der Waals surface area contributed by atoms with Gasteiger partial charge in [-0.25, -0.2) is 0 Å². The third-order valence-electron chi connectivity index (χ3n) is 6.06. The van der Waals surface area contributed by atoms with E-state index in [0.717, 1.165) is 13.0 Å². The molecule has 33 heavy (non-hydrogen) atoms. The Hall–Kier alpha value is -1.75. The number of ether oxygens (including phenoxy) is 3. The van der Waals surface area contributed by atoms with Gasteiger partial charge in [-0.2, -0.15) is 0 Å². The monoisotopic (exact) mass is 472 g/mol. The molecule has 1 rings (SSSR count). The van der Waals surface area contributed by atoms with Gasteiger partial charge in [0.1, 0.15) is 18.1 Å². The minimum absolute atomic E-state index is 0.287. The zero-order valence-corrected chi connectivity index (χ0v) is 21.4. The van der Waals surface area contributed by atoms with Crippen molar-refractivity contribution in [2.75, 3.05) is 60.1 Å². The van der Waals surface area contributed by atoms with E-state index < -0.39 is 23.7 Å². The van der Waals surface area contributed by atoms with Gasteiger partial charge in [-0.1, -0.05) is 0 Å². The molecule has 3 atom stereocenters. The first-order valence-corrected chi connectivity index (χ1v) is 11.9. The molecule has 1 fully saturated rings. The smallest absolute Gasteiger partial charge is 0.323 e. The number of carbonyl (C=O) groups is 3. The Balaban J connectivity index is 3.18. The van der Waals surface area contributed by atoms with E-state index in [1.807, 2.05) is 37.6 Å². The molecule has 0 amide bonds. The van der Waals surface area contributed by atoms with Crippen LogP contribution in [0.3, 0.4) is 0 Å². The summed E-state index contributed by atoms with van der Waals surface area (Å²) in [4.78, 5) is 41.6. The minimum atomic E-state index is -0.601. The van der Waals surface area contributed by atoms with Crippen LogP contribution >= 0.6 is 0 Å². The average Bonchev–Trinajstić information content (AvgIpc) is 2.96. The Morgan fingerprint density at radius 3 is 1.82 bits per heavy atom. The summed E-state index contributed by atoms with van der Waals surface area (Å²) in [7, 11) is 3.26. The van der Waals surface area contributed by atoms with Crippen molar-refractivity contribution in [3.8, 4) is 0 Å². The van der Waals surface area contributed by atoms with Gasteiger partial charge in [-0.3, -0.25) is 29.5 Å². The van der Waals surface area contributed by atoms with Crippen LogP contribution in [0, 0.1) is 0 Å². The van der Waals surface area contributed by atoms with Crippen LogP contribution in [-0.4, -0.2) is 111 Å². The fraction of sp³-hybridized carbons (Fsp3) is 0.870. The van der Waals surface area contributed by atoms with Gasteiger partial charge in [0.25, 0.3) is 0 Å². The zero-order chi connectivity index (χ0) is 25.0. The summed E-state index contributed by atoms with van der Waals surface area (Å²) in [5, 5.41) is 6.60. The highest BCUT2D eigenvalue weighted by Gasteiger charge is 2.41. The lowest BCUT2D eigenvalue weighted by Gasteiger charge is -2.39. The van der Waals surface area contributed by atoms with Crippen molar-refractivity contribution in [1.82, 2.24) is 20.4 Å². The Kier molecular flexibility index (Phi) is 12.9. The molecule has 1 unspecified atom stereocenters. The number of carbonyl (C=O) groups excluding carboxylic acids is 3. The summed E-state index contributed by atoms with van der Waals surface area (Å²) in [5.41, 5.74) is -0.601. The second kappa shape index (κ2) is 14.5. The Labute approximate surface area is 198 Å². The van der Waals surface area contributed by atoms with Gasteiger partial charge < -0.3 is 19.5 Å². The summed E-state index contributed by atoms with van der Waals surface area (Å²) in [6.45, 7) is 12.8. The van der Waals surface area contributed by atoms with Crippen molar-refractivity contribution < 1.29 is 28.6 Å². The molecule has 1 aliphatic heterocycles. The van der Waals surface area contributed by atoms with Gasteiger partial charge in [-0.15, -0.1) is 0 Å². The highest BCUT2D eigenvalue weighted by Crippen LogP contribution is 2.21. The number of nitrogens with one attached hydrogen (secondary N) is 2. The van der Waals surface area contributed by atoms with Crippen molar-refractivity contribution in [3.63, 3.8) is 0 Å². The molecule has 2 N–H and O–H groups in total. The van der Waals surface area contributed by atoms with E-state index in [4.69, 9.17) is 14.2 Å². The molecule has 0 aliphatic carbocycles. The van der Waals surface area contributed by atoms with E-state index in [1.54, 1.807) is 13.8 Å². The number of hydrogen-bond donors (Lipinski definition) is 2. The van der Waals surface area contributed by atoms with E-state index in [2.05, 4.69) is 10.6 Å².